The van der Waals surface area contributed by atoms with Gasteiger partial charge in [0.1, 0.15) is 0 Å². The fourth-order valence-corrected chi connectivity index (χ4v) is 1.69. The summed E-state index contributed by atoms with van der Waals surface area (Å²) in [6.45, 7) is 7.46. The van der Waals surface area contributed by atoms with E-state index in [4.69, 9.17) is 5.11 Å². The van der Waals surface area contributed by atoms with E-state index in [0.717, 1.165) is 13.0 Å². The van der Waals surface area contributed by atoms with Gasteiger partial charge in [-0.2, -0.15) is 0 Å². The highest BCUT2D eigenvalue weighted by Gasteiger charge is 2.35. The fourth-order valence-electron chi connectivity index (χ4n) is 1.69. The van der Waals surface area contributed by atoms with Gasteiger partial charge in [0.25, 0.3) is 0 Å². The first kappa shape index (κ1) is 11.5. The van der Waals surface area contributed by atoms with E-state index in [1.54, 1.807) is 13.8 Å². The summed E-state index contributed by atoms with van der Waals surface area (Å²) in [6, 6.07) is 0.661. The van der Waals surface area contributed by atoms with Crippen molar-refractivity contribution in [2.45, 2.75) is 46.1 Å². The average Bonchev–Trinajstić information content (AvgIpc) is 2.85. The van der Waals surface area contributed by atoms with E-state index >= 15 is 0 Å². The molecule has 0 heterocycles. The van der Waals surface area contributed by atoms with Crippen LogP contribution in [0.1, 0.15) is 40.0 Å². The summed E-state index contributed by atoms with van der Waals surface area (Å²) < 4.78 is 0. The van der Waals surface area contributed by atoms with E-state index in [0.29, 0.717) is 12.6 Å². The zero-order chi connectivity index (χ0) is 10.8. The van der Waals surface area contributed by atoms with Gasteiger partial charge < -0.3 is 5.11 Å². The van der Waals surface area contributed by atoms with Gasteiger partial charge in [-0.05, 0) is 39.7 Å². The molecule has 0 bridgehead atoms. The van der Waals surface area contributed by atoms with E-state index in [1.165, 1.54) is 12.8 Å². The summed E-state index contributed by atoms with van der Waals surface area (Å²) in [6.07, 6.45) is 3.59. The Morgan fingerprint density at radius 1 is 1.50 bits per heavy atom. The van der Waals surface area contributed by atoms with Crippen LogP contribution in [0.4, 0.5) is 0 Å². The first-order valence-electron chi connectivity index (χ1n) is 5.45. The minimum absolute atomic E-state index is 0.613. The van der Waals surface area contributed by atoms with Crippen molar-refractivity contribution < 1.29 is 9.90 Å². The molecule has 0 aromatic rings. The Labute approximate surface area is 86.1 Å². The molecule has 0 aromatic heterocycles. The van der Waals surface area contributed by atoms with Gasteiger partial charge in [0, 0.05) is 12.6 Å². The molecule has 3 nitrogen and oxygen atoms in total. The molecule has 3 heteroatoms. The largest absolute Gasteiger partial charge is 0.481 e. The molecular weight excluding hydrogens is 178 g/mol. The molecule has 1 saturated carbocycles. The Morgan fingerprint density at radius 3 is 2.43 bits per heavy atom. The molecule has 0 atom stereocenters. The highest BCUT2D eigenvalue weighted by Crippen LogP contribution is 2.30. The van der Waals surface area contributed by atoms with Crippen LogP contribution in [0.2, 0.25) is 0 Å². The Kier molecular flexibility index (Phi) is 3.53. The van der Waals surface area contributed by atoms with Crippen LogP contribution in [0.3, 0.4) is 0 Å². The van der Waals surface area contributed by atoms with Crippen molar-refractivity contribution in [3.05, 3.63) is 0 Å². The van der Waals surface area contributed by atoms with Crippen molar-refractivity contribution in [1.29, 1.82) is 0 Å². The summed E-state index contributed by atoms with van der Waals surface area (Å²) >= 11 is 0. The van der Waals surface area contributed by atoms with E-state index in [1.807, 2.05) is 0 Å². The second-order valence-electron chi connectivity index (χ2n) is 4.89. The van der Waals surface area contributed by atoms with Gasteiger partial charge in [-0.25, -0.2) is 0 Å². The molecule has 82 valence electrons. The molecule has 0 unspecified atom stereocenters. The van der Waals surface area contributed by atoms with Crippen molar-refractivity contribution in [3.63, 3.8) is 0 Å². The van der Waals surface area contributed by atoms with Gasteiger partial charge in [0.2, 0.25) is 0 Å². The molecule has 0 amide bonds. The van der Waals surface area contributed by atoms with Crippen molar-refractivity contribution in [3.8, 4) is 0 Å². The Bertz CT molecular complexity index is 209. The standard InChI is InChI=1S/C11H21NO2/c1-4-7-12(9-5-6-9)8-11(2,3)10(13)14/h9H,4-8H2,1-3H3,(H,13,14). The van der Waals surface area contributed by atoms with E-state index < -0.39 is 11.4 Å². The number of hydrogen-bond acceptors (Lipinski definition) is 2. The van der Waals surface area contributed by atoms with Crippen LogP contribution in [0.5, 0.6) is 0 Å². The van der Waals surface area contributed by atoms with Crippen LogP contribution in [-0.2, 0) is 4.79 Å². The predicted octanol–water partition coefficient (Wildman–Crippen LogP) is 1.97. The molecule has 0 spiro atoms. The Morgan fingerprint density at radius 2 is 2.07 bits per heavy atom. The first-order chi connectivity index (χ1) is 6.47. The molecule has 0 radical (unpaired) electrons. The lowest BCUT2D eigenvalue weighted by atomic mass is 9.93. The lowest BCUT2D eigenvalue weighted by Crippen LogP contribution is -2.40. The van der Waals surface area contributed by atoms with Gasteiger partial charge in [0.05, 0.1) is 5.41 Å². The third-order valence-electron chi connectivity index (χ3n) is 2.75. The van der Waals surface area contributed by atoms with Gasteiger partial charge >= 0.3 is 5.97 Å². The minimum atomic E-state index is -0.695. The number of carboxylic acids is 1. The summed E-state index contributed by atoms with van der Waals surface area (Å²) in [4.78, 5) is 13.3. The maximum atomic E-state index is 11.0. The second kappa shape index (κ2) is 4.30. The van der Waals surface area contributed by atoms with Gasteiger partial charge in [-0.3, -0.25) is 9.69 Å². The smallest absolute Gasteiger partial charge is 0.310 e. The molecule has 0 aromatic carbocycles. The molecule has 0 saturated heterocycles. The summed E-state index contributed by atoms with van der Waals surface area (Å²) in [7, 11) is 0. The quantitative estimate of drug-likeness (QED) is 0.711. The molecule has 14 heavy (non-hydrogen) atoms. The molecule has 1 rings (SSSR count). The van der Waals surface area contributed by atoms with E-state index in [-0.39, 0.29) is 0 Å². The monoisotopic (exact) mass is 199 g/mol. The summed E-state index contributed by atoms with van der Waals surface area (Å²) in [5.74, 6) is -0.695. The Hall–Kier alpha value is -0.570. The van der Waals surface area contributed by atoms with E-state index in [9.17, 15) is 4.79 Å². The molecular formula is C11H21NO2. The van der Waals surface area contributed by atoms with Crippen molar-refractivity contribution >= 4 is 5.97 Å². The van der Waals surface area contributed by atoms with Crippen molar-refractivity contribution in [2.75, 3.05) is 13.1 Å². The van der Waals surface area contributed by atoms with Crippen molar-refractivity contribution in [1.82, 2.24) is 4.90 Å². The van der Waals surface area contributed by atoms with Crippen LogP contribution in [0.15, 0.2) is 0 Å². The fraction of sp³-hybridized carbons (Fsp3) is 0.909. The lowest BCUT2D eigenvalue weighted by Gasteiger charge is -2.29. The number of hydrogen-bond donors (Lipinski definition) is 1. The van der Waals surface area contributed by atoms with Crippen LogP contribution < -0.4 is 0 Å². The van der Waals surface area contributed by atoms with Gasteiger partial charge in [0.15, 0.2) is 0 Å². The Balaban J connectivity index is 2.49. The zero-order valence-electron chi connectivity index (χ0n) is 9.42. The number of carboxylic acid groups (broad SMARTS) is 1. The maximum Gasteiger partial charge on any atom is 0.310 e. The normalized spacial score (nSPS) is 17.4. The molecule has 0 aliphatic heterocycles. The average molecular weight is 199 g/mol. The SMILES string of the molecule is CCCN(CC(C)(C)C(=O)O)C1CC1. The van der Waals surface area contributed by atoms with Crippen LogP contribution in [0.25, 0.3) is 0 Å². The topological polar surface area (TPSA) is 40.5 Å². The molecule has 1 aliphatic rings. The number of carbonyl (C=O) groups is 1. The molecule has 1 fully saturated rings. The highest BCUT2D eigenvalue weighted by molar-refractivity contribution is 5.73. The second-order valence-corrected chi connectivity index (χ2v) is 4.89. The number of rotatable bonds is 6. The number of aliphatic carboxylic acids is 1. The van der Waals surface area contributed by atoms with E-state index in [2.05, 4.69) is 11.8 Å². The molecule has 1 aliphatic carbocycles. The van der Waals surface area contributed by atoms with Crippen LogP contribution in [0, 0.1) is 5.41 Å². The van der Waals surface area contributed by atoms with Gasteiger partial charge in [-0.1, -0.05) is 6.92 Å². The third-order valence-corrected chi connectivity index (χ3v) is 2.75. The molecule has 1 N–H and O–H groups in total. The zero-order valence-corrected chi connectivity index (χ0v) is 9.42. The highest BCUT2D eigenvalue weighted by atomic mass is 16.4. The van der Waals surface area contributed by atoms with Crippen LogP contribution in [-0.4, -0.2) is 35.1 Å². The van der Waals surface area contributed by atoms with Crippen molar-refractivity contribution in [2.24, 2.45) is 5.41 Å². The van der Waals surface area contributed by atoms with Crippen LogP contribution >= 0.6 is 0 Å². The van der Waals surface area contributed by atoms with Gasteiger partial charge in [-0.15, -0.1) is 0 Å². The lowest BCUT2D eigenvalue weighted by molar-refractivity contribution is -0.148. The minimum Gasteiger partial charge on any atom is -0.481 e. The maximum absolute atomic E-state index is 11.0. The summed E-state index contributed by atoms with van der Waals surface area (Å²) in [5.41, 5.74) is -0.613. The summed E-state index contributed by atoms with van der Waals surface area (Å²) in [5, 5.41) is 9.03. The number of nitrogens with zero attached hydrogens (tertiary/aromatic N) is 1. The first-order valence-corrected chi connectivity index (χ1v) is 5.45. The third kappa shape index (κ3) is 2.98. The predicted molar refractivity (Wildman–Crippen MR) is 56.3 cm³/mol.